The van der Waals surface area contributed by atoms with E-state index in [-0.39, 0.29) is 11.9 Å². The van der Waals surface area contributed by atoms with Crippen molar-refractivity contribution in [3.8, 4) is 5.75 Å². The Hall–Kier alpha value is -1.79. The van der Waals surface area contributed by atoms with Crippen molar-refractivity contribution in [1.82, 2.24) is 0 Å². The lowest BCUT2D eigenvalue weighted by Crippen LogP contribution is -2.25. The van der Waals surface area contributed by atoms with E-state index in [2.05, 4.69) is 5.16 Å². The maximum absolute atomic E-state index is 8.55. The zero-order chi connectivity index (χ0) is 13.9. The minimum Gasteiger partial charge on any atom is -0.491 e. The second kappa shape index (κ2) is 5.46. The summed E-state index contributed by atoms with van der Waals surface area (Å²) in [5.41, 5.74) is 6.11. The Morgan fingerprint density at radius 3 is 2.68 bits per heavy atom. The Morgan fingerprint density at radius 1 is 1.47 bits per heavy atom. The van der Waals surface area contributed by atoms with Crippen LogP contribution in [-0.4, -0.2) is 36.1 Å². The van der Waals surface area contributed by atoms with Crippen LogP contribution in [-0.2, 0) is 9.47 Å². The van der Waals surface area contributed by atoms with Crippen molar-refractivity contribution in [3.63, 3.8) is 0 Å². The minimum absolute atomic E-state index is 0.0702. The fraction of sp³-hybridized carbons (Fsp3) is 0.462. The van der Waals surface area contributed by atoms with Crippen molar-refractivity contribution in [2.24, 2.45) is 10.9 Å². The number of oxime groups is 1. The molecule has 6 nitrogen and oxygen atoms in total. The normalized spacial score (nSPS) is 22.4. The summed E-state index contributed by atoms with van der Waals surface area (Å²) < 4.78 is 16.7. The van der Waals surface area contributed by atoms with Crippen LogP contribution >= 0.6 is 0 Å². The van der Waals surface area contributed by atoms with Crippen LogP contribution in [0.2, 0.25) is 0 Å². The number of hydrogen-bond donors (Lipinski definition) is 2. The third-order valence-electron chi connectivity index (χ3n) is 2.76. The molecule has 0 bridgehead atoms. The zero-order valence-electron chi connectivity index (χ0n) is 11.0. The van der Waals surface area contributed by atoms with E-state index < -0.39 is 5.79 Å². The Labute approximate surface area is 111 Å². The van der Waals surface area contributed by atoms with Crippen LogP contribution < -0.4 is 10.5 Å². The molecule has 0 aromatic heterocycles. The molecule has 104 valence electrons. The molecule has 1 heterocycles. The predicted octanol–water partition coefficient (Wildman–Crippen LogP) is 1.31. The monoisotopic (exact) mass is 266 g/mol. The van der Waals surface area contributed by atoms with Crippen molar-refractivity contribution in [1.29, 1.82) is 0 Å². The van der Waals surface area contributed by atoms with Crippen LogP contribution in [0.3, 0.4) is 0 Å². The van der Waals surface area contributed by atoms with Gasteiger partial charge in [-0.2, -0.15) is 0 Å². The van der Waals surface area contributed by atoms with E-state index in [0.29, 0.717) is 24.5 Å². The lowest BCUT2D eigenvalue weighted by atomic mass is 10.2. The Balaban J connectivity index is 1.87. The molecule has 1 unspecified atom stereocenters. The molecule has 1 fully saturated rings. The number of nitrogens with two attached hydrogens (primary N) is 1. The van der Waals surface area contributed by atoms with Gasteiger partial charge in [0.15, 0.2) is 11.6 Å². The van der Waals surface area contributed by atoms with Gasteiger partial charge in [0.05, 0.1) is 6.61 Å². The van der Waals surface area contributed by atoms with Crippen molar-refractivity contribution in [2.75, 3.05) is 13.2 Å². The molecule has 2 rings (SSSR count). The van der Waals surface area contributed by atoms with E-state index in [9.17, 15) is 0 Å². The number of hydrogen-bond acceptors (Lipinski definition) is 5. The van der Waals surface area contributed by atoms with Gasteiger partial charge in [-0.3, -0.25) is 0 Å². The standard InChI is InChI=1S/C13H18N2O4/c1-13(2)18-8-11(19-13)7-17-10-5-3-9(4-6-10)12(14)15-16/h3-6,11,16H,7-8H2,1-2H3,(H2,14,15). The highest BCUT2D eigenvalue weighted by Gasteiger charge is 2.32. The molecule has 0 amide bonds. The van der Waals surface area contributed by atoms with Gasteiger partial charge in [0.25, 0.3) is 0 Å². The quantitative estimate of drug-likeness (QED) is 0.371. The van der Waals surface area contributed by atoms with Gasteiger partial charge in [0, 0.05) is 5.56 Å². The first-order valence-corrected chi connectivity index (χ1v) is 6.03. The van der Waals surface area contributed by atoms with E-state index in [0.717, 1.165) is 0 Å². The smallest absolute Gasteiger partial charge is 0.170 e. The number of ether oxygens (including phenoxy) is 3. The molecule has 1 aromatic rings. The Kier molecular flexibility index (Phi) is 3.92. The summed E-state index contributed by atoms with van der Waals surface area (Å²) in [4.78, 5) is 0. The van der Waals surface area contributed by atoms with Gasteiger partial charge in [0.2, 0.25) is 0 Å². The summed E-state index contributed by atoms with van der Waals surface area (Å²) in [5, 5.41) is 11.5. The molecule has 6 heteroatoms. The first-order chi connectivity index (χ1) is 9.00. The van der Waals surface area contributed by atoms with Gasteiger partial charge in [-0.05, 0) is 38.1 Å². The first kappa shape index (κ1) is 13.6. The van der Waals surface area contributed by atoms with Crippen molar-refractivity contribution < 1.29 is 19.4 Å². The molecule has 1 atom stereocenters. The van der Waals surface area contributed by atoms with Gasteiger partial charge in [-0.1, -0.05) is 5.16 Å². The summed E-state index contributed by atoms with van der Waals surface area (Å²) in [5.74, 6) is 0.229. The predicted molar refractivity (Wildman–Crippen MR) is 69.4 cm³/mol. The fourth-order valence-corrected chi connectivity index (χ4v) is 1.81. The maximum Gasteiger partial charge on any atom is 0.170 e. The van der Waals surface area contributed by atoms with Gasteiger partial charge < -0.3 is 25.2 Å². The van der Waals surface area contributed by atoms with Gasteiger partial charge >= 0.3 is 0 Å². The molecule has 1 aromatic carbocycles. The highest BCUT2D eigenvalue weighted by molar-refractivity contribution is 5.97. The minimum atomic E-state index is -0.538. The molecule has 1 saturated heterocycles. The molecule has 19 heavy (non-hydrogen) atoms. The molecule has 1 aliphatic rings. The maximum atomic E-state index is 8.55. The van der Waals surface area contributed by atoms with Crippen molar-refractivity contribution >= 4 is 5.84 Å². The van der Waals surface area contributed by atoms with Crippen LogP contribution in [0.4, 0.5) is 0 Å². The van der Waals surface area contributed by atoms with E-state index in [1.807, 2.05) is 13.8 Å². The number of nitrogens with zero attached hydrogens (tertiary/aromatic N) is 1. The largest absolute Gasteiger partial charge is 0.491 e. The Bertz CT molecular complexity index is 456. The summed E-state index contributed by atoms with van der Waals surface area (Å²) in [6.07, 6.45) is -0.0706. The molecule has 0 saturated carbocycles. The molecule has 3 N–H and O–H groups in total. The molecular weight excluding hydrogens is 248 g/mol. The molecular formula is C13H18N2O4. The van der Waals surface area contributed by atoms with Crippen molar-refractivity contribution in [3.05, 3.63) is 29.8 Å². The topological polar surface area (TPSA) is 86.3 Å². The van der Waals surface area contributed by atoms with E-state index >= 15 is 0 Å². The van der Waals surface area contributed by atoms with E-state index in [1.54, 1.807) is 24.3 Å². The number of rotatable bonds is 4. The second-order valence-corrected chi connectivity index (χ2v) is 4.77. The van der Waals surface area contributed by atoms with Crippen LogP contribution in [0.5, 0.6) is 5.75 Å². The lowest BCUT2D eigenvalue weighted by Gasteiger charge is -2.17. The SMILES string of the molecule is CC1(C)OCC(COc2ccc(/C(N)=N/O)cc2)O1. The summed E-state index contributed by atoms with van der Waals surface area (Å²) in [7, 11) is 0. The Morgan fingerprint density at radius 2 is 2.16 bits per heavy atom. The number of benzene rings is 1. The van der Waals surface area contributed by atoms with E-state index in [4.69, 9.17) is 25.2 Å². The summed E-state index contributed by atoms with van der Waals surface area (Å²) >= 11 is 0. The van der Waals surface area contributed by atoms with Crippen LogP contribution in [0.1, 0.15) is 19.4 Å². The molecule has 1 aliphatic heterocycles. The summed E-state index contributed by atoms with van der Waals surface area (Å²) in [6.45, 7) is 4.69. The average molecular weight is 266 g/mol. The van der Waals surface area contributed by atoms with Gasteiger partial charge in [0.1, 0.15) is 18.5 Å². The highest BCUT2D eigenvalue weighted by atomic mass is 16.7. The van der Waals surface area contributed by atoms with Crippen molar-refractivity contribution in [2.45, 2.75) is 25.7 Å². The van der Waals surface area contributed by atoms with Gasteiger partial charge in [-0.15, -0.1) is 0 Å². The molecule has 0 radical (unpaired) electrons. The third kappa shape index (κ3) is 3.59. The first-order valence-electron chi connectivity index (χ1n) is 6.03. The van der Waals surface area contributed by atoms with E-state index in [1.165, 1.54) is 0 Å². The van der Waals surface area contributed by atoms with Crippen LogP contribution in [0.25, 0.3) is 0 Å². The average Bonchev–Trinajstić information content (AvgIpc) is 2.76. The zero-order valence-corrected chi connectivity index (χ0v) is 11.0. The lowest BCUT2D eigenvalue weighted by molar-refractivity contribution is -0.141. The molecule has 0 aliphatic carbocycles. The van der Waals surface area contributed by atoms with Crippen LogP contribution in [0, 0.1) is 0 Å². The summed E-state index contributed by atoms with van der Waals surface area (Å²) in [6, 6.07) is 6.96. The fourth-order valence-electron chi connectivity index (χ4n) is 1.81. The molecule has 0 spiro atoms. The second-order valence-electron chi connectivity index (χ2n) is 4.77. The number of amidine groups is 1. The highest BCUT2D eigenvalue weighted by Crippen LogP contribution is 2.23. The third-order valence-corrected chi connectivity index (χ3v) is 2.76. The van der Waals surface area contributed by atoms with Crippen LogP contribution in [0.15, 0.2) is 29.4 Å². The van der Waals surface area contributed by atoms with Gasteiger partial charge in [-0.25, -0.2) is 0 Å².